The lowest BCUT2D eigenvalue weighted by Gasteiger charge is -2.25. The molecule has 2 unspecified atom stereocenters. The van der Waals surface area contributed by atoms with Crippen LogP contribution in [0.4, 0.5) is 0 Å². The van der Waals surface area contributed by atoms with Gasteiger partial charge in [-0.15, -0.1) is 0 Å². The molecule has 27 heavy (non-hydrogen) atoms. The Morgan fingerprint density at radius 3 is 2.44 bits per heavy atom. The second kappa shape index (κ2) is 8.11. The molecule has 0 aliphatic carbocycles. The summed E-state index contributed by atoms with van der Waals surface area (Å²) in [7, 11) is 0. The van der Waals surface area contributed by atoms with Crippen LogP contribution >= 0.6 is 0 Å². The molecule has 1 amide bonds. The van der Waals surface area contributed by atoms with Crippen molar-refractivity contribution in [2.75, 3.05) is 19.8 Å². The Bertz CT molecular complexity index is 756. The third kappa shape index (κ3) is 4.15. The molecule has 0 saturated carbocycles. The standard InChI is InChI=1S/C22H25NO4/c24-18-14-21(16-4-2-1-3-5-16)23(15-18)22(25)17-6-8-19(9-7-17)27-20-10-12-26-13-11-20/h1-9,18,20-21,24H,10-15H2. The number of hydrogen-bond donors (Lipinski definition) is 1. The fraction of sp³-hybridized carbons (Fsp3) is 0.409. The van der Waals surface area contributed by atoms with Crippen molar-refractivity contribution in [2.45, 2.75) is 37.5 Å². The van der Waals surface area contributed by atoms with Gasteiger partial charge in [-0.3, -0.25) is 4.79 Å². The molecule has 2 saturated heterocycles. The van der Waals surface area contributed by atoms with Gasteiger partial charge in [0.25, 0.3) is 5.91 Å². The van der Waals surface area contributed by atoms with Gasteiger partial charge in [-0.25, -0.2) is 0 Å². The Balaban J connectivity index is 1.46. The number of carbonyl (C=O) groups excluding carboxylic acids is 1. The van der Waals surface area contributed by atoms with Crippen molar-refractivity contribution < 1.29 is 19.4 Å². The summed E-state index contributed by atoms with van der Waals surface area (Å²) in [6, 6.07) is 17.1. The minimum Gasteiger partial charge on any atom is -0.490 e. The topological polar surface area (TPSA) is 59.0 Å². The highest BCUT2D eigenvalue weighted by atomic mass is 16.5. The summed E-state index contributed by atoms with van der Waals surface area (Å²) < 4.78 is 11.3. The first-order chi connectivity index (χ1) is 13.2. The number of rotatable bonds is 4. The molecule has 4 rings (SSSR count). The monoisotopic (exact) mass is 367 g/mol. The lowest BCUT2D eigenvalue weighted by molar-refractivity contribution is 0.0255. The average molecular weight is 367 g/mol. The third-order valence-corrected chi connectivity index (χ3v) is 5.30. The summed E-state index contributed by atoms with van der Waals surface area (Å²) in [4.78, 5) is 14.8. The van der Waals surface area contributed by atoms with Crippen LogP contribution in [-0.4, -0.2) is 47.9 Å². The van der Waals surface area contributed by atoms with E-state index in [-0.39, 0.29) is 18.1 Å². The highest BCUT2D eigenvalue weighted by molar-refractivity contribution is 5.94. The summed E-state index contributed by atoms with van der Waals surface area (Å²) >= 11 is 0. The summed E-state index contributed by atoms with van der Waals surface area (Å²) in [5, 5.41) is 10.1. The fourth-order valence-electron chi connectivity index (χ4n) is 3.86. The van der Waals surface area contributed by atoms with Gasteiger partial charge in [0.1, 0.15) is 11.9 Å². The van der Waals surface area contributed by atoms with Gasteiger partial charge in [0.15, 0.2) is 0 Å². The van der Waals surface area contributed by atoms with Crippen LogP contribution < -0.4 is 4.74 Å². The minimum atomic E-state index is -0.490. The van der Waals surface area contributed by atoms with Crippen molar-refractivity contribution in [3.8, 4) is 5.75 Å². The zero-order valence-corrected chi connectivity index (χ0v) is 15.3. The molecule has 5 nitrogen and oxygen atoms in total. The van der Waals surface area contributed by atoms with Crippen LogP contribution in [0.3, 0.4) is 0 Å². The number of amides is 1. The van der Waals surface area contributed by atoms with Crippen molar-refractivity contribution in [1.82, 2.24) is 4.90 Å². The molecule has 5 heteroatoms. The second-order valence-corrected chi connectivity index (χ2v) is 7.23. The van der Waals surface area contributed by atoms with Gasteiger partial charge in [-0.05, 0) is 36.2 Å². The maximum atomic E-state index is 13.0. The molecule has 1 N–H and O–H groups in total. The van der Waals surface area contributed by atoms with E-state index in [9.17, 15) is 9.90 Å². The number of hydrogen-bond acceptors (Lipinski definition) is 4. The SMILES string of the molecule is O=C(c1ccc(OC2CCOCC2)cc1)N1CC(O)CC1c1ccccc1. The Morgan fingerprint density at radius 1 is 1.04 bits per heavy atom. The lowest BCUT2D eigenvalue weighted by Crippen LogP contribution is -2.31. The highest BCUT2D eigenvalue weighted by Crippen LogP contribution is 2.33. The molecule has 2 aliphatic rings. The van der Waals surface area contributed by atoms with Crippen LogP contribution in [0.1, 0.15) is 41.2 Å². The maximum absolute atomic E-state index is 13.0. The van der Waals surface area contributed by atoms with Gasteiger partial charge in [0.2, 0.25) is 0 Å². The molecule has 2 aromatic rings. The largest absolute Gasteiger partial charge is 0.490 e. The predicted molar refractivity (Wildman–Crippen MR) is 102 cm³/mol. The van der Waals surface area contributed by atoms with Gasteiger partial charge in [-0.1, -0.05) is 30.3 Å². The van der Waals surface area contributed by atoms with Gasteiger partial charge >= 0.3 is 0 Å². The molecule has 0 aromatic heterocycles. The van der Waals surface area contributed by atoms with Crippen LogP contribution in [0.15, 0.2) is 54.6 Å². The first-order valence-electron chi connectivity index (χ1n) is 9.59. The van der Waals surface area contributed by atoms with E-state index in [4.69, 9.17) is 9.47 Å². The summed E-state index contributed by atoms with van der Waals surface area (Å²) in [5.74, 6) is 0.720. The number of aliphatic hydroxyl groups excluding tert-OH is 1. The first-order valence-corrected chi connectivity index (χ1v) is 9.59. The Hall–Kier alpha value is -2.37. The number of nitrogens with zero attached hydrogens (tertiary/aromatic N) is 1. The molecular weight excluding hydrogens is 342 g/mol. The second-order valence-electron chi connectivity index (χ2n) is 7.23. The number of benzene rings is 2. The Morgan fingerprint density at radius 2 is 1.74 bits per heavy atom. The van der Waals surface area contributed by atoms with Gasteiger partial charge in [0.05, 0.1) is 25.4 Å². The van der Waals surface area contributed by atoms with Crippen LogP contribution in [0.2, 0.25) is 0 Å². The van der Waals surface area contributed by atoms with Crippen LogP contribution in [0.5, 0.6) is 5.75 Å². The summed E-state index contributed by atoms with van der Waals surface area (Å²) in [6.07, 6.45) is 2.04. The van der Waals surface area contributed by atoms with Crippen molar-refractivity contribution in [1.29, 1.82) is 0 Å². The van der Waals surface area contributed by atoms with Gasteiger partial charge in [0, 0.05) is 24.9 Å². The van der Waals surface area contributed by atoms with Crippen LogP contribution in [0.25, 0.3) is 0 Å². The van der Waals surface area contributed by atoms with Gasteiger partial charge in [-0.2, -0.15) is 0 Å². The van der Waals surface area contributed by atoms with Gasteiger partial charge < -0.3 is 19.5 Å². The molecule has 2 atom stereocenters. The quantitative estimate of drug-likeness (QED) is 0.902. The zero-order valence-electron chi connectivity index (χ0n) is 15.3. The third-order valence-electron chi connectivity index (χ3n) is 5.30. The molecule has 0 spiro atoms. The molecule has 142 valence electrons. The van der Waals surface area contributed by atoms with Crippen molar-refractivity contribution >= 4 is 5.91 Å². The van der Waals surface area contributed by atoms with E-state index in [0.717, 1.165) is 37.4 Å². The van der Waals surface area contributed by atoms with Crippen molar-refractivity contribution in [3.63, 3.8) is 0 Å². The van der Waals surface area contributed by atoms with Crippen LogP contribution in [-0.2, 0) is 4.74 Å². The fourth-order valence-corrected chi connectivity index (χ4v) is 3.86. The number of likely N-dealkylation sites (tertiary alicyclic amines) is 1. The Labute approximate surface area is 159 Å². The number of aliphatic hydroxyl groups is 1. The average Bonchev–Trinajstić information content (AvgIpc) is 3.11. The zero-order chi connectivity index (χ0) is 18.6. The summed E-state index contributed by atoms with van der Waals surface area (Å²) in [6.45, 7) is 1.83. The Kier molecular flexibility index (Phi) is 5.41. The van der Waals surface area contributed by atoms with E-state index in [0.29, 0.717) is 18.5 Å². The highest BCUT2D eigenvalue weighted by Gasteiger charge is 2.35. The maximum Gasteiger partial charge on any atom is 0.254 e. The smallest absolute Gasteiger partial charge is 0.254 e. The molecule has 2 heterocycles. The molecule has 2 aliphatic heterocycles. The number of carbonyl (C=O) groups is 1. The lowest BCUT2D eigenvalue weighted by atomic mass is 10.0. The molecule has 2 fully saturated rings. The minimum absolute atomic E-state index is 0.0574. The van der Waals surface area contributed by atoms with E-state index in [1.807, 2.05) is 54.6 Å². The van der Waals surface area contributed by atoms with E-state index < -0.39 is 6.10 Å². The van der Waals surface area contributed by atoms with E-state index in [1.54, 1.807) is 4.90 Å². The van der Waals surface area contributed by atoms with Crippen molar-refractivity contribution in [3.05, 3.63) is 65.7 Å². The molecular formula is C22H25NO4. The normalized spacial score (nSPS) is 23.4. The van der Waals surface area contributed by atoms with Crippen LogP contribution in [0, 0.1) is 0 Å². The van der Waals surface area contributed by atoms with Crippen molar-refractivity contribution in [2.24, 2.45) is 0 Å². The number of ether oxygens (including phenoxy) is 2. The molecule has 2 aromatic carbocycles. The summed E-state index contributed by atoms with van der Waals surface area (Å²) in [5.41, 5.74) is 1.67. The molecule has 0 bridgehead atoms. The van der Waals surface area contributed by atoms with E-state index >= 15 is 0 Å². The first kappa shape index (κ1) is 18.0. The predicted octanol–water partition coefficient (Wildman–Crippen LogP) is 3.19. The molecule has 0 radical (unpaired) electrons. The van der Waals surface area contributed by atoms with E-state index in [2.05, 4.69) is 0 Å². The number of β-amino-alcohol motifs (C(OH)–C–C–N with tert-alkyl or cyclic N) is 1. The van der Waals surface area contributed by atoms with E-state index in [1.165, 1.54) is 0 Å².